The van der Waals surface area contributed by atoms with Gasteiger partial charge in [0.15, 0.2) is 0 Å². The molecule has 4 nitrogen and oxygen atoms in total. The molecule has 0 unspecified atom stereocenters. The molecule has 2 heterocycles. The van der Waals surface area contributed by atoms with E-state index in [1.54, 1.807) is 12.1 Å². The van der Waals surface area contributed by atoms with Crippen LogP contribution in [0.25, 0.3) is 0 Å². The van der Waals surface area contributed by atoms with Crippen LogP contribution in [0.3, 0.4) is 0 Å². The Morgan fingerprint density at radius 1 is 1.00 bits per heavy atom. The monoisotopic (exact) mass is 432 g/mol. The summed E-state index contributed by atoms with van der Waals surface area (Å²) in [5, 5.41) is 0. The molecule has 0 aliphatic carbocycles. The molecule has 1 aliphatic rings. The fraction of sp³-hybridized carbons (Fsp3) is 0.407. The maximum atomic E-state index is 13.8. The van der Waals surface area contributed by atoms with Gasteiger partial charge in [-0.1, -0.05) is 29.8 Å². The van der Waals surface area contributed by atoms with Crippen molar-refractivity contribution in [3.05, 3.63) is 75.7 Å². The Balaban J connectivity index is 1.79. The number of aromatic nitrogens is 2. The lowest BCUT2D eigenvalue weighted by atomic mass is 10.0. The van der Waals surface area contributed by atoms with E-state index in [0.717, 1.165) is 55.4 Å². The molecule has 2 aromatic carbocycles. The van der Waals surface area contributed by atoms with Crippen LogP contribution < -0.4 is 9.80 Å². The molecule has 5 heteroatoms. The van der Waals surface area contributed by atoms with Gasteiger partial charge in [-0.05, 0) is 82.7 Å². The summed E-state index contributed by atoms with van der Waals surface area (Å²) in [5.74, 6) is 1.54. The molecule has 0 atom stereocenters. The highest BCUT2D eigenvalue weighted by atomic mass is 19.1. The second kappa shape index (κ2) is 9.27. The van der Waals surface area contributed by atoms with Crippen LogP contribution in [0.1, 0.15) is 53.3 Å². The number of fused-ring (bicyclic) bond motifs is 1. The summed E-state index contributed by atoms with van der Waals surface area (Å²) in [7, 11) is 0. The van der Waals surface area contributed by atoms with Crippen molar-refractivity contribution in [1.29, 1.82) is 0 Å². The molecule has 1 aliphatic heterocycles. The van der Waals surface area contributed by atoms with E-state index in [4.69, 9.17) is 9.97 Å². The van der Waals surface area contributed by atoms with Gasteiger partial charge >= 0.3 is 0 Å². The third-order valence-corrected chi connectivity index (χ3v) is 6.31. The zero-order chi connectivity index (χ0) is 22.8. The zero-order valence-corrected chi connectivity index (χ0v) is 19.9. The highest BCUT2D eigenvalue weighted by Gasteiger charge is 2.24. The Bertz CT molecular complexity index is 1100. The van der Waals surface area contributed by atoms with Crippen molar-refractivity contribution in [2.75, 3.05) is 22.9 Å². The molecule has 0 bridgehead atoms. The number of hydrogen-bond acceptors (Lipinski definition) is 4. The maximum absolute atomic E-state index is 13.8. The first-order valence-corrected chi connectivity index (χ1v) is 11.6. The Kier molecular flexibility index (Phi) is 6.45. The van der Waals surface area contributed by atoms with Gasteiger partial charge in [0.2, 0.25) is 5.95 Å². The second-order valence-corrected chi connectivity index (χ2v) is 8.91. The molecule has 0 saturated heterocycles. The summed E-state index contributed by atoms with van der Waals surface area (Å²) >= 11 is 0. The van der Waals surface area contributed by atoms with Crippen molar-refractivity contribution in [1.82, 2.24) is 9.97 Å². The Morgan fingerprint density at radius 2 is 1.75 bits per heavy atom. The minimum absolute atomic E-state index is 0.195. The lowest BCUT2D eigenvalue weighted by Gasteiger charge is -2.29. The molecule has 0 N–H and O–H groups in total. The molecule has 168 valence electrons. The van der Waals surface area contributed by atoms with Gasteiger partial charge in [-0.2, -0.15) is 4.98 Å². The fourth-order valence-corrected chi connectivity index (χ4v) is 4.96. The standard InChI is InChI=1S/C27H33FN4/c1-6-32(25-19(3)14-18(2)15-20(25)4)27-29-21(5)24-12-7-8-13-31(26(24)30-27)17-22-10-9-11-23(28)16-22/h9-11,14-16H,6-8,12-13,17H2,1-5H3. The molecule has 0 fully saturated rings. The van der Waals surface area contributed by atoms with Crippen molar-refractivity contribution in [3.63, 3.8) is 0 Å². The quantitative estimate of drug-likeness (QED) is 0.470. The molecule has 0 radical (unpaired) electrons. The third-order valence-electron chi connectivity index (χ3n) is 6.31. The van der Waals surface area contributed by atoms with Gasteiger partial charge in [0.1, 0.15) is 11.6 Å². The molecule has 0 saturated carbocycles. The summed E-state index contributed by atoms with van der Waals surface area (Å²) in [6.07, 6.45) is 3.19. The van der Waals surface area contributed by atoms with Gasteiger partial charge in [0.25, 0.3) is 0 Å². The molecule has 0 amide bonds. The first-order valence-electron chi connectivity index (χ1n) is 11.6. The van der Waals surface area contributed by atoms with Gasteiger partial charge < -0.3 is 9.80 Å². The van der Waals surface area contributed by atoms with Crippen molar-refractivity contribution in [2.45, 2.75) is 60.4 Å². The second-order valence-electron chi connectivity index (χ2n) is 8.91. The highest BCUT2D eigenvalue weighted by Crippen LogP contribution is 2.34. The number of aryl methyl sites for hydroxylation is 4. The predicted octanol–water partition coefficient (Wildman–Crippen LogP) is 6.35. The number of rotatable bonds is 5. The molecule has 1 aromatic heterocycles. The number of anilines is 3. The fourth-order valence-electron chi connectivity index (χ4n) is 4.96. The summed E-state index contributed by atoms with van der Waals surface area (Å²) in [4.78, 5) is 14.6. The van der Waals surface area contributed by atoms with Crippen LogP contribution in [0.2, 0.25) is 0 Å². The lowest BCUT2D eigenvalue weighted by molar-refractivity contribution is 0.623. The largest absolute Gasteiger partial charge is 0.352 e. The van der Waals surface area contributed by atoms with Gasteiger partial charge in [-0.3, -0.25) is 0 Å². The first-order chi connectivity index (χ1) is 15.4. The van der Waals surface area contributed by atoms with Gasteiger partial charge in [0.05, 0.1) is 0 Å². The average molecular weight is 433 g/mol. The first kappa shape index (κ1) is 22.3. The van der Waals surface area contributed by atoms with E-state index in [1.165, 1.54) is 34.0 Å². The summed E-state index contributed by atoms with van der Waals surface area (Å²) in [6.45, 7) is 13.0. The summed E-state index contributed by atoms with van der Waals surface area (Å²) in [6, 6.07) is 11.3. The van der Waals surface area contributed by atoms with Crippen molar-refractivity contribution < 1.29 is 4.39 Å². The predicted molar refractivity (Wildman–Crippen MR) is 130 cm³/mol. The SMILES string of the molecule is CCN(c1nc(C)c2c(n1)N(Cc1cccc(F)c1)CCCC2)c1c(C)cc(C)cc1C. The zero-order valence-electron chi connectivity index (χ0n) is 19.9. The van der Waals surface area contributed by atoms with E-state index >= 15 is 0 Å². The Hall–Kier alpha value is -2.95. The number of halogens is 1. The minimum atomic E-state index is -0.195. The van der Waals surface area contributed by atoms with Crippen LogP contribution in [-0.2, 0) is 13.0 Å². The number of nitrogens with zero attached hydrogens (tertiary/aromatic N) is 4. The Morgan fingerprint density at radius 3 is 2.44 bits per heavy atom. The van der Waals surface area contributed by atoms with E-state index < -0.39 is 0 Å². The molecular formula is C27H33FN4. The number of hydrogen-bond donors (Lipinski definition) is 0. The topological polar surface area (TPSA) is 32.3 Å². The molecule has 4 rings (SSSR count). The van der Waals surface area contributed by atoms with Gasteiger partial charge in [0, 0.05) is 36.6 Å². The van der Waals surface area contributed by atoms with Crippen LogP contribution in [-0.4, -0.2) is 23.1 Å². The average Bonchev–Trinajstić information content (AvgIpc) is 2.93. The normalized spacial score (nSPS) is 13.6. The van der Waals surface area contributed by atoms with Gasteiger partial charge in [-0.25, -0.2) is 9.37 Å². The van der Waals surface area contributed by atoms with E-state index in [0.29, 0.717) is 6.54 Å². The van der Waals surface area contributed by atoms with Crippen LogP contribution in [0.5, 0.6) is 0 Å². The van der Waals surface area contributed by atoms with E-state index in [9.17, 15) is 4.39 Å². The van der Waals surface area contributed by atoms with Crippen LogP contribution in [0.4, 0.5) is 21.8 Å². The van der Waals surface area contributed by atoms with Gasteiger partial charge in [-0.15, -0.1) is 0 Å². The van der Waals surface area contributed by atoms with E-state index in [-0.39, 0.29) is 5.82 Å². The van der Waals surface area contributed by atoms with Crippen molar-refractivity contribution in [2.24, 2.45) is 0 Å². The smallest absolute Gasteiger partial charge is 0.232 e. The summed E-state index contributed by atoms with van der Waals surface area (Å²) < 4.78 is 13.8. The molecule has 3 aromatic rings. The van der Waals surface area contributed by atoms with E-state index in [1.807, 2.05) is 6.07 Å². The number of benzene rings is 2. The van der Waals surface area contributed by atoms with Crippen LogP contribution >= 0.6 is 0 Å². The highest BCUT2D eigenvalue weighted by molar-refractivity contribution is 5.68. The maximum Gasteiger partial charge on any atom is 0.232 e. The molecular weight excluding hydrogens is 399 g/mol. The molecule has 0 spiro atoms. The van der Waals surface area contributed by atoms with Crippen LogP contribution in [0.15, 0.2) is 36.4 Å². The minimum Gasteiger partial charge on any atom is -0.352 e. The Labute approximate surface area is 191 Å². The summed E-state index contributed by atoms with van der Waals surface area (Å²) in [5.41, 5.74) is 8.14. The van der Waals surface area contributed by atoms with Crippen LogP contribution in [0, 0.1) is 33.5 Å². The van der Waals surface area contributed by atoms with Crippen molar-refractivity contribution in [3.8, 4) is 0 Å². The molecule has 32 heavy (non-hydrogen) atoms. The van der Waals surface area contributed by atoms with Crippen molar-refractivity contribution >= 4 is 17.5 Å². The van der Waals surface area contributed by atoms with E-state index in [2.05, 4.69) is 56.6 Å². The third kappa shape index (κ3) is 4.47. The lowest BCUT2D eigenvalue weighted by Crippen LogP contribution is -2.27.